The lowest BCUT2D eigenvalue weighted by Gasteiger charge is -2.03. The Hall–Kier alpha value is -1.62. The monoisotopic (exact) mass is 280 g/mol. The van der Waals surface area contributed by atoms with Gasteiger partial charge in [0.2, 0.25) is 0 Å². The molecule has 4 nitrogen and oxygen atoms in total. The predicted molar refractivity (Wildman–Crippen MR) is 63.3 cm³/mol. The smallest absolute Gasteiger partial charge is 0.354 e. The average Bonchev–Trinajstić information content (AvgIpc) is 2.61. The first-order chi connectivity index (χ1) is 7.59. The summed E-state index contributed by atoms with van der Waals surface area (Å²) in [6.07, 6.45) is 1.36. The minimum atomic E-state index is -0.974. The number of carboxylic acids is 1. The minimum absolute atomic E-state index is 0.179. The van der Waals surface area contributed by atoms with Crippen LogP contribution in [0.2, 0.25) is 0 Å². The molecular formula is C11H9BrN2O2. The third-order valence-electron chi connectivity index (χ3n) is 2.31. The van der Waals surface area contributed by atoms with Gasteiger partial charge >= 0.3 is 5.97 Å². The summed E-state index contributed by atoms with van der Waals surface area (Å²) in [6.45, 7) is 0. The Morgan fingerprint density at radius 1 is 1.38 bits per heavy atom. The van der Waals surface area contributed by atoms with Crippen LogP contribution < -0.4 is 0 Å². The van der Waals surface area contributed by atoms with Crippen molar-refractivity contribution < 1.29 is 9.90 Å². The Bertz CT molecular complexity index is 531. The van der Waals surface area contributed by atoms with Gasteiger partial charge in [-0.25, -0.2) is 9.78 Å². The second kappa shape index (κ2) is 4.09. The van der Waals surface area contributed by atoms with Gasteiger partial charge in [-0.15, -0.1) is 0 Å². The van der Waals surface area contributed by atoms with E-state index in [4.69, 9.17) is 5.11 Å². The first-order valence-corrected chi connectivity index (χ1v) is 5.40. The molecule has 0 radical (unpaired) electrons. The molecule has 2 aromatic rings. The molecule has 1 aromatic carbocycles. The van der Waals surface area contributed by atoms with Gasteiger partial charge in [-0.3, -0.25) is 0 Å². The molecule has 0 amide bonds. The third-order valence-corrected chi connectivity index (χ3v) is 2.84. The van der Waals surface area contributed by atoms with Crippen LogP contribution in [0.25, 0.3) is 11.4 Å². The van der Waals surface area contributed by atoms with Crippen molar-refractivity contribution in [2.45, 2.75) is 0 Å². The Labute approximate surface area is 101 Å². The van der Waals surface area contributed by atoms with Crippen LogP contribution in [0.15, 0.2) is 34.9 Å². The number of hydrogen-bond acceptors (Lipinski definition) is 2. The van der Waals surface area contributed by atoms with E-state index in [1.165, 1.54) is 6.20 Å². The molecule has 0 saturated heterocycles. The van der Waals surface area contributed by atoms with Gasteiger partial charge in [0.15, 0.2) is 0 Å². The second-order valence-electron chi connectivity index (χ2n) is 3.34. The summed E-state index contributed by atoms with van der Waals surface area (Å²) < 4.78 is 2.54. The summed E-state index contributed by atoms with van der Waals surface area (Å²) in [4.78, 5) is 15.0. The number of aromatic nitrogens is 2. The Morgan fingerprint density at radius 3 is 2.50 bits per heavy atom. The van der Waals surface area contributed by atoms with Crippen molar-refractivity contribution in [3.63, 3.8) is 0 Å². The molecule has 0 aliphatic heterocycles. The van der Waals surface area contributed by atoms with Gasteiger partial charge in [0, 0.05) is 17.1 Å². The van der Waals surface area contributed by atoms with Crippen molar-refractivity contribution >= 4 is 21.9 Å². The highest BCUT2D eigenvalue weighted by Gasteiger charge is 2.13. The fraction of sp³-hybridized carbons (Fsp3) is 0.0909. The maximum absolute atomic E-state index is 10.9. The van der Waals surface area contributed by atoms with Crippen molar-refractivity contribution in [2.75, 3.05) is 0 Å². The summed E-state index contributed by atoms with van der Waals surface area (Å²) in [5.74, 6) is -0.330. The summed E-state index contributed by atoms with van der Waals surface area (Å²) in [5.41, 5.74) is 1.07. The molecule has 82 valence electrons. The van der Waals surface area contributed by atoms with Crippen molar-refractivity contribution in [3.8, 4) is 11.4 Å². The number of hydrogen-bond donors (Lipinski definition) is 1. The SMILES string of the molecule is Cn1c(C(=O)O)cnc1-c1ccc(Br)cc1. The summed E-state index contributed by atoms with van der Waals surface area (Å²) >= 11 is 3.34. The van der Waals surface area contributed by atoms with Crippen LogP contribution in [-0.4, -0.2) is 20.6 Å². The Morgan fingerprint density at radius 2 is 2.00 bits per heavy atom. The molecule has 0 aliphatic rings. The zero-order valence-corrected chi connectivity index (χ0v) is 10.1. The summed E-state index contributed by atoms with van der Waals surface area (Å²) in [6, 6.07) is 7.56. The first-order valence-electron chi connectivity index (χ1n) is 4.60. The van der Waals surface area contributed by atoms with Crippen molar-refractivity contribution in [2.24, 2.45) is 7.05 Å². The Kier molecular flexibility index (Phi) is 2.78. The van der Waals surface area contributed by atoms with Crippen molar-refractivity contribution in [1.82, 2.24) is 9.55 Å². The zero-order chi connectivity index (χ0) is 11.7. The highest BCUT2D eigenvalue weighted by molar-refractivity contribution is 9.10. The molecule has 1 heterocycles. The minimum Gasteiger partial charge on any atom is -0.477 e. The van der Waals surface area contributed by atoms with Crippen LogP contribution >= 0.6 is 15.9 Å². The molecule has 0 saturated carbocycles. The Balaban J connectivity index is 2.49. The lowest BCUT2D eigenvalue weighted by Crippen LogP contribution is -2.05. The van der Waals surface area contributed by atoms with Gasteiger partial charge in [-0.05, 0) is 12.1 Å². The molecule has 0 unspecified atom stereocenters. The number of aromatic carboxylic acids is 1. The topological polar surface area (TPSA) is 55.1 Å². The van der Waals surface area contributed by atoms with Gasteiger partial charge in [-0.1, -0.05) is 28.1 Å². The zero-order valence-electron chi connectivity index (χ0n) is 8.51. The summed E-state index contributed by atoms with van der Waals surface area (Å²) in [7, 11) is 1.69. The maximum Gasteiger partial charge on any atom is 0.354 e. The molecule has 5 heteroatoms. The van der Waals surface area contributed by atoms with Crippen LogP contribution in [-0.2, 0) is 7.05 Å². The molecule has 1 aromatic heterocycles. The van der Waals surface area contributed by atoms with E-state index >= 15 is 0 Å². The number of benzene rings is 1. The van der Waals surface area contributed by atoms with Crippen molar-refractivity contribution in [1.29, 1.82) is 0 Å². The van der Waals surface area contributed by atoms with Crippen LogP contribution in [0.4, 0.5) is 0 Å². The lowest BCUT2D eigenvalue weighted by molar-refractivity contribution is 0.0686. The first kappa shape index (κ1) is 10.9. The maximum atomic E-state index is 10.9. The van der Waals surface area contributed by atoms with Gasteiger partial charge in [0.1, 0.15) is 11.5 Å². The third kappa shape index (κ3) is 1.86. The van der Waals surface area contributed by atoms with E-state index < -0.39 is 5.97 Å². The molecule has 0 aliphatic carbocycles. The second-order valence-corrected chi connectivity index (χ2v) is 4.25. The van der Waals surface area contributed by atoms with Crippen LogP contribution in [0, 0.1) is 0 Å². The van der Waals surface area contributed by atoms with Crippen LogP contribution in [0.5, 0.6) is 0 Å². The van der Waals surface area contributed by atoms with Crippen LogP contribution in [0.1, 0.15) is 10.5 Å². The standard InChI is InChI=1S/C11H9BrN2O2/c1-14-9(11(15)16)6-13-10(14)7-2-4-8(12)5-3-7/h2-6H,1H3,(H,15,16). The van der Waals surface area contributed by atoms with Crippen LogP contribution in [0.3, 0.4) is 0 Å². The molecule has 0 atom stereocenters. The van der Waals surface area contributed by atoms with E-state index in [-0.39, 0.29) is 5.69 Å². The lowest BCUT2D eigenvalue weighted by atomic mass is 10.2. The predicted octanol–water partition coefficient (Wildman–Crippen LogP) is 2.55. The molecule has 0 spiro atoms. The largest absolute Gasteiger partial charge is 0.477 e. The quantitative estimate of drug-likeness (QED) is 0.920. The highest BCUT2D eigenvalue weighted by Crippen LogP contribution is 2.20. The number of nitrogens with zero attached hydrogens (tertiary/aromatic N) is 2. The van der Waals surface area contributed by atoms with E-state index in [1.54, 1.807) is 11.6 Å². The number of carbonyl (C=O) groups is 1. The number of carboxylic acid groups (broad SMARTS) is 1. The average molecular weight is 281 g/mol. The molecule has 0 bridgehead atoms. The van der Waals surface area contributed by atoms with E-state index in [1.807, 2.05) is 24.3 Å². The molecule has 0 fully saturated rings. The van der Waals surface area contributed by atoms with Crippen molar-refractivity contribution in [3.05, 3.63) is 40.6 Å². The van der Waals surface area contributed by atoms with E-state index in [0.29, 0.717) is 5.82 Å². The molecule has 2 rings (SSSR count). The normalized spacial score (nSPS) is 10.4. The number of imidazole rings is 1. The molecular weight excluding hydrogens is 272 g/mol. The van der Waals surface area contributed by atoms with Gasteiger partial charge in [0.25, 0.3) is 0 Å². The van der Waals surface area contributed by atoms with Gasteiger partial charge in [-0.2, -0.15) is 0 Å². The fourth-order valence-corrected chi connectivity index (χ4v) is 1.74. The number of rotatable bonds is 2. The van der Waals surface area contributed by atoms with Gasteiger partial charge < -0.3 is 9.67 Å². The highest BCUT2D eigenvalue weighted by atomic mass is 79.9. The fourth-order valence-electron chi connectivity index (χ4n) is 1.48. The molecule has 16 heavy (non-hydrogen) atoms. The van der Waals surface area contributed by atoms with Gasteiger partial charge in [0.05, 0.1) is 6.20 Å². The van der Waals surface area contributed by atoms with E-state index in [0.717, 1.165) is 10.0 Å². The van der Waals surface area contributed by atoms with E-state index in [9.17, 15) is 4.79 Å². The summed E-state index contributed by atoms with van der Waals surface area (Å²) in [5, 5.41) is 8.90. The van der Waals surface area contributed by atoms with E-state index in [2.05, 4.69) is 20.9 Å². The molecule has 1 N–H and O–H groups in total. The number of halogens is 1.